The molecule has 2 N–H and O–H groups in total. The van der Waals surface area contributed by atoms with Gasteiger partial charge in [0, 0.05) is 37.2 Å². The number of nitrogens with one attached hydrogen (secondary N) is 2. The third kappa shape index (κ3) is 6.59. The van der Waals surface area contributed by atoms with Gasteiger partial charge in [0.05, 0.1) is 0 Å². The van der Waals surface area contributed by atoms with Crippen molar-refractivity contribution in [3.8, 4) is 0 Å². The Morgan fingerprint density at radius 1 is 1.38 bits per heavy atom. The van der Waals surface area contributed by atoms with Gasteiger partial charge in [0.2, 0.25) is 5.91 Å². The molecule has 1 heterocycles. The predicted octanol–water partition coefficient (Wildman–Crippen LogP) is 1.55. The number of hydrogen-bond acceptors (Lipinski definition) is 3. The van der Waals surface area contributed by atoms with E-state index in [1.807, 2.05) is 18.7 Å². The molecule has 1 fully saturated rings. The first-order valence-electron chi connectivity index (χ1n) is 8.00. The lowest BCUT2D eigenvalue weighted by Crippen LogP contribution is -2.49. The molecule has 1 saturated heterocycles. The van der Waals surface area contributed by atoms with Crippen molar-refractivity contribution in [3.05, 3.63) is 0 Å². The molecule has 1 rings (SSSR count). The average molecular weight is 314 g/mol. The molecular weight excluding hydrogens is 284 g/mol. The zero-order chi connectivity index (χ0) is 15.7. The molecular formula is C15H30N4OS. The van der Waals surface area contributed by atoms with E-state index in [0.717, 1.165) is 44.3 Å². The summed E-state index contributed by atoms with van der Waals surface area (Å²) in [6.07, 6.45) is 0.953. The molecule has 0 aromatic heterocycles. The maximum Gasteiger partial charge on any atom is 0.241 e. The molecule has 122 valence electrons. The Kier molecular flexibility index (Phi) is 8.57. The van der Waals surface area contributed by atoms with Gasteiger partial charge in [0.1, 0.15) is 6.54 Å². The van der Waals surface area contributed by atoms with E-state index < -0.39 is 0 Å². The lowest BCUT2D eigenvalue weighted by atomic mass is 10.1. The van der Waals surface area contributed by atoms with Crippen LogP contribution in [0.3, 0.4) is 0 Å². The third-order valence-corrected chi connectivity index (χ3v) is 4.96. The molecule has 6 heteroatoms. The Labute approximate surface area is 133 Å². The van der Waals surface area contributed by atoms with Gasteiger partial charge >= 0.3 is 0 Å². The fraction of sp³-hybridized carbons (Fsp3) is 0.867. The zero-order valence-electron chi connectivity index (χ0n) is 13.8. The van der Waals surface area contributed by atoms with Crippen molar-refractivity contribution in [3.63, 3.8) is 0 Å². The van der Waals surface area contributed by atoms with Crippen molar-refractivity contribution in [1.82, 2.24) is 15.5 Å². The maximum atomic E-state index is 11.7. The molecule has 21 heavy (non-hydrogen) atoms. The summed E-state index contributed by atoms with van der Waals surface area (Å²) in [6, 6.07) is 0. The normalized spacial score (nSPS) is 19.8. The highest BCUT2D eigenvalue weighted by atomic mass is 32.2. The number of carbonyl (C=O) groups excluding carboxylic acids is 1. The summed E-state index contributed by atoms with van der Waals surface area (Å²) in [5.74, 6) is 2.65. The molecule has 0 aliphatic carbocycles. The Morgan fingerprint density at radius 3 is 2.76 bits per heavy atom. The Hall–Kier alpha value is -0.910. The van der Waals surface area contributed by atoms with E-state index in [2.05, 4.69) is 41.3 Å². The van der Waals surface area contributed by atoms with Crippen LogP contribution in [0.4, 0.5) is 0 Å². The first-order chi connectivity index (χ1) is 10.1. The second-order valence-electron chi connectivity index (χ2n) is 5.62. The van der Waals surface area contributed by atoms with Crippen LogP contribution < -0.4 is 10.6 Å². The Morgan fingerprint density at radius 2 is 2.14 bits per heavy atom. The van der Waals surface area contributed by atoms with Gasteiger partial charge in [-0.25, -0.2) is 4.99 Å². The first-order valence-corrected chi connectivity index (χ1v) is 9.04. The SMILES string of the molecule is CCCNC(=O)CN=C(NCC)N1CCSC(C(C)C)C1. The van der Waals surface area contributed by atoms with E-state index in [1.165, 1.54) is 0 Å². The quantitative estimate of drug-likeness (QED) is 0.577. The van der Waals surface area contributed by atoms with E-state index in [-0.39, 0.29) is 12.5 Å². The van der Waals surface area contributed by atoms with Gasteiger partial charge in [-0.15, -0.1) is 0 Å². The highest BCUT2D eigenvalue weighted by molar-refractivity contribution is 8.00. The van der Waals surface area contributed by atoms with Crippen LogP contribution in [-0.4, -0.2) is 60.5 Å². The molecule has 1 atom stereocenters. The van der Waals surface area contributed by atoms with Crippen LogP contribution in [-0.2, 0) is 4.79 Å². The minimum absolute atomic E-state index is 0.000882. The first kappa shape index (κ1) is 18.1. The Balaban J connectivity index is 2.60. The number of hydrogen-bond donors (Lipinski definition) is 2. The maximum absolute atomic E-state index is 11.7. The van der Waals surface area contributed by atoms with Crippen LogP contribution >= 0.6 is 11.8 Å². The number of rotatable bonds is 6. The minimum Gasteiger partial charge on any atom is -0.357 e. The van der Waals surface area contributed by atoms with Gasteiger partial charge in [-0.3, -0.25) is 4.79 Å². The van der Waals surface area contributed by atoms with E-state index in [9.17, 15) is 4.79 Å². The second kappa shape index (κ2) is 9.92. The largest absolute Gasteiger partial charge is 0.357 e. The molecule has 0 bridgehead atoms. The number of carbonyl (C=O) groups is 1. The van der Waals surface area contributed by atoms with Crippen molar-refractivity contribution in [1.29, 1.82) is 0 Å². The van der Waals surface area contributed by atoms with E-state index in [0.29, 0.717) is 11.2 Å². The van der Waals surface area contributed by atoms with Gasteiger partial charge in [0.15, 0.2) is 5.96 Å². The summed E-state index contributed by atoms with van der Waals surface area (Å²) in [5.41, 5.74) is 0. The minimum atomic E-state index is -0.000882. The fourth-order valence-electron chi connectivity index (χ4n) is 2.16. The van der Waals surface area contributed by atoms with Crippen LogP contribution in [0, 0.1) is 5.92 Å². The van der Waals surface area contributed by atoms with Gasteiger partial charge < -0.3 is 15.5 Å². The number of guanidine groups is 1. The highest BCUT2D eigenvalue weighted by Crippen LogP contribution is 2.24. The zero-order valence-corrected chi connectivity index (χ0v) is 14.6. The Bertz CT molecular complexity index is 347. The molecule has 1 amide bonds. The summed E-state index contributed by atoms with van der Waals surface area (Å²) in [6.45, 7) is 12.4. The molecule has 1 aliphatic heterocycles. The standard InChI is InChI=1S/C15H30N4OS/c1-5-7-17-14(20)10-18-15(16-6-2)19-8-9-21-13(11-19)12(3)4/h12-13H,5-11H2,1-4H3,(H,16,18)(H,17,20). The molecule has 0 spiro atoms. The number of amides is 1. The fourth-order valence-corrected chi connectivity index (χ4v) is 3.46. The topological polar surface area (TPSA) is 56.7 Å². The number of aliphatic imine (C=N–C) groups is 1. The summed E-state index contributed by atoms with van der Waals surface area (Å²) in [5, 5.41) is 6.81. The lowest BCUT2D eigenvalue weighted by Gasteiger charge is -2.36. The van der Waals surface area contributed by atoms with Gasteiger partial charge in [-0.1, -0.05) is 20.8 Å². The highest BCUT2D eigenvalue weighted by Gasteiger charge is 2.24. The van der Waals surface area contributed by atoms with Crippen molar-refractivity contribution < 1.29 is 4.79 Å². The van der Waals surface area contributed by atoms with Crippen molar-refractivity contribution in [2.75, 3.05) is 38.5 Å². The molecule has 0 radical (unpaired) electrons. The number of thioether (sulfide) groups is 1. The van der Waals surface area contributed by atoms with Crippen molar-refractivity contribution in [2.45, 2.75) is 39.4 Å². The van der Waals surface area contributed by atoms with Crippen LogP contribution in [0.5, 0.6) is 0 Å². The summed E-state index contributed by atoms with van der Waals surface area (Å²) in [7, 11) is 0. The molecule has 1 unspecified atom stereocenters. The molecule has 0 aromatic carbocycles. The van der Waals surface area contributed by atoms with E-state index in [1.54, 1.807) is 0 Å². The number of nitrogens with zero attached hydrogens (tertiary/aromatic N) is 2. The molecule has 0 saturated carbocycles. The lowest BCUT2D eigenvalue weighted by molar-refractivity contribution is -0.119. The van der Waals surface area contributed by atoms with E-state index >= 15 is 0 Å². The van der Waals surface area contributed by atoms with Crippen LogP contribution in [0.15, 0.2) is 4.99 Å². The van der Waals surface area contributed by atoms with Gasteiger partial charge in [0.25, 0.3) is 0 Å². The van der Waals surface area contributed by atoms with Crippen molar-refractivity contribution >= 4 is 23.6 Å². The van der Waals surface area contributed by atoms with Gasteiger partial charge in [-0.05, 0) is 19.3 Å². The second-order valence-corrected chi connectivity index (χ2v) is 6.97. The summed E-state index contributed by atoms with van der Waals surface area (Å²) < 4.78 is 0. The monoisotopic (exact) mass is 314 g/mol. The smallest absolute Gasteiger partial charge is 0.241 e. The van der Waals surface area contributed by atoms with Crippen molar-refractivity contribution in [2.24, 2.45) is 10.9 Å². The predicted molar refractivity (Wildman–Crippen MR) is 91.9 cm³/mol. The van der Waals surface area contributed by atoms with E-state index in [4.69, 9.17) is 0 Å². The molecule has 5 nitrogen and oxygen atoms in total. The average Bonchev–Trinajstić information content (AvgIpc) is 2.49. The summed E-state index contributed by atoms with van der Waals surface area (Å²) >= 11 is 2.04. The van der Waals surface area contributed by atoms with Gasteiger partial charge in [-0.2, -0.15) is 11.8 Å². The van der Waals surface area contributed by atoms with Crippen LogP contribution in [0.1, 0.15) is 34.1 Å². The molecule has 1 aliphatic rings. The van der Waals surface area contributed by atoms with Crippen LogP contribution in [0.2, 0.25) is 0 Å². The van der Waals surface area contributed by atoms with Crippen LogP contribution in [0.25, 0.3) is 0 Å². The third-order valence-electron chi connectivity index (χ3n) is 3.42. The molecule has 0 aromatic rings. The summed E-state index contributed by atoms with van der Waals surface area (Å²) in [4.78, 5) is 18.5.